The second kappa shape index (κ2) is 7.50. The summed E-state index contributed by atoms with van der Waals surface area (Å²) in [4.78, 5) is 45.4. The van der Waals surface area contributed by atoms with Gasteiger partial charge in [0.15, 0.2) is 0 Å². The lowest BCUT2D eigenvalue weighted by molar-refractivity contribution is -0.137. The Labute approximate surface area is 146 Å². The first-order chi connectivity index (χ1) is 12.1. The zero-order valence-corrected chi connectivity index (χ0v) is 14.3. The van der Waals surface area contributed by atoms with Crippen molar-refractivity contribution in [2.75, 3.05) is 39.8 Å². The SMILES string of the molecule is COC(=O)N1CCN(C(=O)[C@@H]2CC(=O)N(Cc3ccncc3)C2)CC1. The molecule has 2 aliphatic heterocycles. The molecule has 0 unspecified atom stereocenters. The van der Waals surface area contributed by atoms with E-state index < -0.39 is 0 Å². The van der Waals surface area contributed by atoms with Gasteiger partial charge in [0.25, 0.3) is 0 Å². The number of amides is 3. The third kappa shape index (κ3) is 3.89. The average molecular weight is 346 g/mol. The highest BCUT2D eigenvalue weighted by Crippen LogP contribution is 2.22. The van der Waals surface area contributed by atoms with Gasteiger partial charge in [-0.3, -0.25) is 14.6 Å². The summed E-state index contributed by atoms with van der Waals surface area (Å²) in [6, 6.07) is 3.74. The van der Waals surface area contributed by atoms with Gasteiger partial charge in [-0.2, -0.15) is 0 Å². The predicted octanol–water partition coefficient (Wildman–Crippen LogP) is 0.341. The standard InChI is InChI=1S/C17H22N4O4/c1-25-17(24)20-8-6-19(7-9-20)16(23)14-10-15(22)21(12-14)11-13-2-4-18-5-3-13/h2-5,14H,6-12H2,1H3/t14-/m1/s1. The van der Waals surface area contributed by atoms with Gasteiger partial charge < -0.3 is 19.4 Å². The average Bonchev–Trinajstić information content (AvgIpc) is 3.02. The number of carbonyl (C=O) groups excluding carboxylic acids is 3. The van der Waals surface area contributed by atoms with Crippen LogP contribution >= 0.6 is 0 Å². The van der Waals surface area contributed by atoms with Crippen LogP contribution in [0, 0.1) is 5.92 Å². The molecule has 0 aromatic carbocycles. The number of pyridine rings is 1. The lowest BCUT2D eigenvalue weighted by atomic mass is 10.1. The minimum absolute atomic E-state index is 0.00311. The minimum atomic E-state index is -0.369. The number of ether oxygens (including phenoxy) is 1. The summed E-state index contributed by atoms with van der Waals surface area (Å²) >= 11 is 0. The molecular formula is C17H22N4O4. The molecule has 8 heteroatoms. The van der Waals surface area contributed by atoms with E-state index in [2.05, 4.69) is 4.98 Å². The molecular weight excluding hydrogens is 324 g/mol. The number of methoxy groups -OCH3 is 1. The summed E-state index contributed by atoms with van der Waals surface area (Å²) in [5.74, 6) is -0.308. The summed E-state index contributed by atoms with van der Waals surface area (Å²) in [5, 5.41) is 0. The Morgan fingerprint density at radius 2 is 1.80 bits per heavy atom. The van der Waals surface area contributed by atoms with Crippen molar-refractivity contribution in [3.63, 3.8) is 0 Å². The predicted molar refractivity (Wildman–Crippen MR) is 88.3 cm³/mol. The van der Waals surface area contributed by atoms with Crippen LogP contribution in [0.25, 0.3) is 0 Å². The number of piperazine rings is 1. The fraction of sp³-hybridized carbons (Fsp3) is 0.529. The molecule has 1 aromatic rings. The first kappa shape index (κ1) is 17.2. The number of carbonyl (C=O) groups is 3. The van der Waals surface area contributed by atoms with Crippen molar-refractivity contribution >= 4 is 17.9 Å². The van der Waals surface area contributed by atoms with E-state index in [9.17, 15) is 14.4 Å². The van der Waals surface area contributed by atoms with Crippen molar-refractivity contribution < 1.29 is 19.1 Å². The Kier molecular flexibility index (Phi) is 5.16. The summed E-state index contributed by atoms with van der Waals surface area (Å²) in [7, 11) is 1.35. The maximum atomic E-state index is 12.7. The summed E-state index contributed by atoms with van der Waals surface area (Å²) in [6.07, 6.45) is 3.27. The third-order valence-corrected chi connectivity index (χ3v) is 4.71. The fourth-order valence-electron chi connectivity index (χ4n) is 3.30. The second-order valence-electron chi connectivity index (χ2n) is 6.31. The number of hydrogen-bond donors (Lipinski definition) is 0. The lowest BCUT2D eigenvalue weighted by Gasteiger charge is -2.35. The van der Waals surface area contributed by atoms with E-state index in [-0.39, 0.29) is 30.2 Å². The van der Waals surface area contributed by atoms with Crippen molar-refractivity contribution in [2.45, 2.75) is 13.0 Å². The van der Waals surface area contributed by atoms with Gasteiger partial charge in [-0.25, -0.2) is 4.79 Å². The van der Waals surface area contributed by atoms with E-state index in [4.69, 9.17) is 4.74 Å². The molecule has 25 heavy (non-hydrogen) atoms. The second-order valence-corrected chi connectivity index (χ2v) is 6.31. The molecule has 3 amide bonds. The van der Waals surface area contributed by atoms with E-state index in [1.165, 1.54) is 7.11 Å². The summed E-state index contributed by atoms with van der Waals surface area (Å²) in [6.45, 7) is 2.81. The molecule has 0 radical (unpaired) electrons. The first-order valence-corrected chi connectivity index (χ1v) is 8.37. The minimum Gasteiger partial charge on any atom is -0.453 e. The smallest absolute Gasteiger partial charge is 0.409 e. The monoisotopic (exact) mass is 346 g/mol. The zero-order chi connectivity index (χ0) is 17.8. The molecule has 0 N–H and O–H groups in total. The van der Waals surface area contributed by atoms with E-state index in [0.717, 1.165) is 5.56 Å². The molecule has 0 saturated carbocycles. The van der Waals surface area contributed by atoms with E-state index in [0.29, 0.717) is 39.3 Å². The van der Waals surface area contributed by atoms with E-state index in [1.807, 2.05) is 12.1 Å². The molecule has 0 bridgehead atoms. The molecule has 0 spiro atoms. The summed E-state index contributed by atoms with van der Waals surface area (Å²) in [5.41, 5.74) is 1.00. The molecule has 8 nitrogen and oxygen atoms in total. The Hall–Kier alpha value is -2.64. The molecule has 2 aliphatic rings. The third-order valence-electron chi connectivity index (χ3n) is 4.71. The van der Waals surface area contributed by atoms with Crippen LogP contribution in [-0.4, -0.2) is 77.4 Å². The molecule has 2 fully saturated rings. The van der Waals surface area contributed by atoms with Crippen LogP contribution in [0.2, 0.25) is 0 Å². The van der Waals surface area contributed by atoms with E-state index >= 15 is 0 Å². The fourth-order valence-corrected chi connectivity index (χ4v) is 3.30. The Morgan fingerprint density at radius 1 is 1.16 bits per heavy atom. The van der Waals surface area contributed by atoms with Gasteiger partial charge in [-0.1, -0.05) is 0 Å². The van der Waals surface area contributed by atoms with Gasteiger partial charge in [-0.15, -0.1) is 0 Å². The van der Waals surface area contributed by atoms with Gasteiger partial charge in [0, 0.05) is 58.1 Å². The van der Waals surface area contributed by atoms with Gasteiger partial charge >= 0.3 is 6.09 Å². The van der Waals surface area contributed by atoms with Crippen LogP contribution in [0.1, 0.15) is 12.0 Å². The van der Waals surface area contributed by atoms with Gasteiger partial charge in [0.05, 0.1) is 13.0 Å². The molecule has 0 aliphatic carbocycles. The number of nitrogens with zero attached hydrogens (tertiary/aromatic N) is 4. The van der Waals surface area contributed by atoms with Crippen LogP contribution in [-0.2, 0) is 20.9 Å². The molecule has 3 rings (SSSR count). The van der Waals surface area contributed by atoms with Crippen molar-refractivity contribution in [3.8, 4) is 0 Å². The van der Waals surface area contributed by atoms with Crippen LogP contribution in [0.3, 0.4) is 0 Å². The van der Waals surface area contributed by atoms with Crippen LogP contribution in [0.15, 0.2) is 24.5 Å². The number of rotatable bonds is 3. The first-order valence-electron chi connectivity index (χ1n) is 8.37. The molecule has 2 saturated heterocycles. The normalized spacial score (nSPS) is 20.8. The largest absolute Gasteiger partial charge is 0.453 e. The van der Waals surface area contributed by atoms with Crippen molar-refractivity contribution in [3.05, 3.63) is 30.1 Å². The number of aromatic nitrogens is 1. The zero-order valence-electron chi connectivity index (χ0n) is 14.3. The molecule has 1 aromatic heterocycles. The van der Waals surface area contributed by atoms with Crippen molar-refractivity contribution in [2.24, 2.45) is 5.92 Å². The van der Waals surface area contributed by atoms with Crippen LogP contribution < -0.4 is 0 Å². The Morgan fingerprint density at radius 3 is 2.44 bits per heavy atom. The topological polar surface area (TPSA) is 83.0 Å². The Balaban J connectivity index is 1.54. The molecule has 1 atom stereocenters. The van der Waals surface area contributed by atoms with E-state index in [1.54, 1.807) is 27.1 Å². The highest BCUT2D eigenvalue weighted by Gasteiger charge is 2.37. The van der Waals surface area contributed by atoms with Gasteiger partial charge in [0.1, 0.15) is 0 Å². The van der Waals surface area contributed by atoms with Crippen LogP contribution in [0.5, 0.6) is 0 Å². The Bertz CT molecular complexity index is 643. The quantitative estimate of drug-likeness (QED) is 0.788. The van der Waals surface area contributed by atoms with Gasteiger partial charge in [0.2, 0.25) is 11.8 Å². The molecule has 3 heterocycles. The van der Waals surface area contributed by atoms with Crippen molar-refractivity contribution in [1.82, 2.24) is 19.7 Å². The number of hydrogen-bond acceptors (Lipinski definition) is 5. The van der Waals surface area contributed by atoms with Crippen LogP contribution in [0.4, 0.5) is 4.79 Å². The maximum absolute atomic E-state index is 12.7. The van der Waals surface area contributed by atoms with Gasteiger partial charge in [-0.05, 0) is 17.7 Å². The maximum Gasteiger partial charge on any atom is 0.409 e. The lowest BCUT2D eigenvalue weighted by Crippen LogP contribution is -2.52. The molecule has 134 valence electrons. The van der Waals surface area contributed by atoms with Crippen molar-refractivity contribution in [1.29, 1.82) is 0 Å². The highest BCUT2D eigenvalue weighted by molar-refractivity contribution is 5.89. The summed E-state index contributed by atoms with van der Waals surface area (Å²) < 4.78 is 4.70. The number of likely N-dealkylation sites (tertiary alicyclic amines) is 1. The highest BCUT2D eigenvalue weighted by atomic mass is 16.5.